The third-order valence-electron chi connectivity index (χ3n) is 3.51. The Bertz CT molecular complexity index is 358. The Kier molecular flexibility index (Phi) is 4.57. The van der Waals surface area contributed by atoms with Gasteiger partial charge in [0, 0.05) is 12.6 Å². The van der Waals surface area contributed by atoms with Crippen molar-refractivity contribution in [1.29, 1.82) is 0 Å². The lowest BCUT2D eigenvalue weighted by molar-refractivity contribution is 0.574. The van der Waals surface area contributed by atoms with Crippen LogP contribution in [0.15, 0.2) is 18.2 Å². The lowest BCUT2D eigenvalue weighted by atomic mass is 10.1. The Morgan fingerprint density at radius 1 is 1.29 bits per heavy atom. The van der Waals surface area contributed by atoms with Crippen LogP contribution < -0.4 is 11.1 Å². The number of nitrogens with one attached hydrogen (secondary N) is 1. The zero-order valence-corrected chi connectivity index (χ0v) is 10.8. The minimum Gasteiger partial charge on any atom is -0.328 e. The molecule has 1 aliphatic rings. The first-order valence-electron chi connectivity index (χ1n) is 6.82. The summed E-state index contributed by atoms with van der Waals surface area (Å²) in [6, 6.07) is 7.28. The van der Waals surface area contributed by atoms with Gasteiger partial charge in [-0.3, -0.25) is 0 Å². The minimum absolute atomic E-state index is 0.330. The summed E-state index contributed by atoms with van der Waals surface area (Å²) in [5.74, 6) is 0. The van der Waals surface area contributed by atoms with E-state index in [1.54, 1.807) is 11.1 Å². The molecule has 2 nitrogen and oxygen atoms in total. The molecule has 0 saturated heterocycles. The molecule has 1 aromatic carbocycles. The van der Waals surface area contributed by atoms with Gasteiger partial charge < -0.3 is 11.1 Å². The van der Waals surface area contributed by atoms with E-state index in [0.29, 0.717) is 6.04 Å². The number of rotatable bonds is 6. The second-order valence-electron chi connectivity index (χ2n) is 5.25. The predicted molar refractivity (Wildman–Crippen MR) is 73.1 cm³/mol. The summed E-state index contributed by atoms with van der Waals surface area (Å²) in [7, 11) is 0. The maximum Gasteiger partial charge on any atom is 0.0205 e. The Morgan fingerprint density at radius 2 is 2.12 bits per heavy atom. The molecule has 1 atom stereocenters. The van der Waals surface area contributed by atoms with Gasteiger partial charge in [-0.15, -0.1) is 0 Å². The number of hydrogen-bond acceptors (Lipinski definition) is 2. The molecule has 0 fully saturated rings. The van der Waals surface area contributed by atoms with Crippen LogP contribution in [-0.4, -0.2) is 12.6 Å². The van der Waals surface area contributed by atoms with Gasteiger partial charge in [-0.2, -0.15) is 0 Å². The predicted octanol–water partition coefficient (Wildman–Crippen LogP) is 2.39. The molecule has 94 valence electrons. The molecule has 0 spiro atoms. The van der Waals surface area contributed by atoms with E-state index in [2.05, 4.69) is 30.4 Å². The Morgan fingerprint density at radius 3 is 2.94 bits per heavy atom. The molecular weight excluding hydrogens is 208 g/mol. The SMILES string of the molecule is CC(N)CCCNCc1ccc2c(c1)CCC2. The molecule has 0 radical (unpaired) electrons. The van der Waals surface area contributed by atoms with Gasteiger partial charge in [-0.05, 0) is 62.3 Å². The summed E-state index contributed by atoms with van der Waals surface area (Å²) in [6.07, 6.45) is 6.16. The van der Waals surface area contributed by atoms with Crippen LogP contribution in [-0.2, 0) is 19.4 Å². The van der Waals surface area contributed by atoms with Crippen LogP contribution in [0.2, 0.25) is 0 Å². The third-order valence-corrected chi connectivity index (χ3v) is 3.51. The first kappa shape index (κ1) is 12.6. The molecular formula is C15H24N2. The maximum atomic E-state index is 5.72. The highest BCUT2D eigenvalue weighted by molar-refractivity contribution is 5.35. The largest absolute Gasteiger partial charge is 0.328 e. The van der Waals surface area contributed by atoms with Gasteiger partial charge in [0.25, 0.3) is 0 Å². The molecule has 0 heterocycles. The number of benzene rings is 1. The fourth-order valence-corrected chi connectivity index (χ4v) is 2.52. The van der Waals surface area contributed by atoms with Crippen molar-refractivity contribution >= 4 is 0 Å². The van der Waals surface area contributed by atoms with Crippen molar-refractivity contribution in [3.63, 3.8) is 0 Å². The first-order valence-corrected chi connectivity index (χ1v) is 6.82. The molecule has 0 aliphatic heterocycles. The van der Waals surface area contributed by atoms with Gasteiger partial charge in [0.05, 0.1) is 0 Å². The van der Waals surface area contributed by atoms with Crippen LogP contribution >= 0.6 is 0 Å². The van der Waals surface area contributed by atoms with Crippen LogP contribution in [0.3, 0.4) is 0 Å². The summed E-state index contributed by atoms with van der Waals surface area (Å²) in [6.45, 7) is 4.13. The van der Waals surface area contributed by atoms with Gasteiger partial charge in [0.2, 0.25) is 0 Å². The van der Waals surface area contributed by atoms with Gasteiger partial charge in [-0.1, -0.05) is 18.2 Å². The van der Waals surface area contributed by atoms with E-state index >= 15 is 0 Å². The molecule has 2 heteroatoms. The summed E-state index contributed by atoms with van der Waals surface area (Å²) in [5.41, 5.74) is 10.3. The van der Waals surface area contributed by atoms with E-state index in [9.17, 15) is 0 Å². The average molecular weight is 232 g/mol. The molecule has 0 saturated carbocycles. The minimum atomic E-state index is 0.330. The molecule has 17 heavy (non-hydrogen) atoms. The van der Waals surface area contributed by atoms with E-state index in [1.165, 1.54) is 31.2 Å². The highest BCUT2D eigenvalue weighted by atomic mass is 14.8. The molecule has 3 N–H and O–H groups in total. The fourth-order valence-electron chi connectivity index (χ4n) is 2.52. The lowest BCUT2D eigenvalue weighted by Crippen LogP contribution is -2.19. The third kappa shape index (κ3) is 3.83. The van der Waals surface area contributed by atoms with Crippen LogP contribution in [0.1, 0.15) is 42.9 Å². The van der Waals surface area contributed by atoms with E-state index in [1.807, 2.05) is 0 Å². The van der Waals surface area contributed by atoms with Crippen molar-refractivity contribution in [1.82, 2.24) is 5.32 Å². The van der Waals surface area contributed by atoms with Gasteiger partial charge in [0.1, 0.15) is 0 Å². The van der Waals surface area contributed by atoms with E-state index in [0.717, 1.165) is 19.5 Å². The Balaban J connectivity index is 1.72. The van der Waals surface area contributed by atoms with Gasteiger partial charge in [0.15, 0.2) is 0 Å². The Labute approximate surface area is 105 Å². The van der Waals surface area contributed by atoms with Crippen LogP contribution in [0, 0.1) is 0 Å². The number of nitrogens with two attached hydrogens (primary N) is 1. The second kappa shape index (κ2) is 6.18. The topological polar surface area (TPSA) is 38.0 Å². The summed E-state index contributed by atoms with van der Waals surface area (Å²) in [5, 5.41) is 3.49. The number of fused-ring (bicyclic) bond motifs is 1. The highest BCUT2D eigenvalue weighted by Gasteiger charge is 2.10. The van der Waals surface area contributed by atoms with Crippen molar-refractivity contribution in [3.05, 3.63) is 34.9 Å². The Hall–Kier alpha value is -0.860. The van der Waals surface area contributed by atoms with Crippen molar-refractivity contribution in [2.45, 2.75) is 51.6 Å². The maximum absolute atomic E-state index is 5.72. The van der Waals surface area contributed by atoms with Crippen molar-refractivity contribution in [2.75, 3.05) is 6.54 Å². The quantitative estimate of drug-likeness (QED) is 0.739. The normalized spacial score (nSPS) is 15.9. The second-order valence-corrected chi connectivity index (χ2v) is 5.25. The molecule has 1 unspecified atom stereocenters. The summed E-state index contributed by atoms with van der Waals surface area (Å²) < 4.78 is 0. The van der Waals surface area contributed by atoms with E-state index in [4.69, 9.17) is 5.73 Å². The highest BCUT2D eigenvalue weighted by Crippen LogP contribution is 2.22. The van der Waals surface area contributed by atoms with Crippen LogP contribution in [0.4, 0.5) is 0 Å². The zero-order valence-electron chi connectivity index (χ0n) is 10.8. The van der Waals surface area contributed by atoms with Crippen LogP contribution in [0.25, 0.3) is 0 Å². The van der Waals surface area contributed by atoms with Crippen molar-refractivity contribution in [3.8, 4) is 0 Å². The van der Waals surface area contributed by atoms with Crippen molar-refractivity contribution < 1.29 is 0 Å². The van der Waals surface area contributed by atoms with E-state index < -0.39 is 0 Å². The zero-order chi connectivity index (χ0) is 12.1. The van der Waals surface area contributed by atoms with E-state index in [-0.39, 0.29) is 0 Å². The number of aryl methyl sites for hydroxylation is 2. The van der Waals surface area contributed by atoms with Gasteiger partial charge in [-0.25, -0.2) is 0 Å². The molecule has 1 aromatic rings. The summed E-state index contributed by atoms with van der Waals surface area (Å²) in [4.78, 5) is 0. The number of hydrogen-bond donors (Lipinski definition) is 2. The molecule has 0 amide bonds. The van der Waals surface area contributed by atoms with Gasteiger partial charge >= 0.3 is 0 Å². The summed E-state index contributed by atoms with van der Waals surface area (Å²) >= 11 is 0. The van der Waals surface area contributed by atoms with Crippen LogP contribution in [0.5, 0.6) is 0 Å². The fraction of sp³-hybridized carbons (Fsp3) is 0.600. The smallest absolute Gasteiger partial charge is 0.0205 e. The first-order chi connectivity index (χ1) is 8.25. The standard InChI is InChI=1S/C15H24N2/c1-12(16)4-3-9-17-11-13-7-8-14-5-2-6-15(14)10-13/h7-8,10,12,17H,2-6,9,11,16H2,1H3. The average Bonchev–Trinajstić information content (AvgIpc) is 2.75. The lowest BCUT2D eigenvalue weighted by Gasteiger charge is -2.08. The molecule has 1 aliphatic carbocycles. The van der Waals surface area contributed by atoms with Crippen molar-refractivity contribution in [2.24, 2.45) is 5.73 Å². The molecule has 2 rings (SSSR count). The molecule has 0 bridgehead atoms. The molecule has 0 aromatic heterocycles. The monoisotopic (exact) mass is 232 g/mol.